The third-order valence-electron chi connectivity index (χ3n) is 5.01. The number of sulfonamides is 1. The molecule has 0 unspecified atom stereocenters. The molecule has 0 aliphatic heterocycles. The Bertz CT molecular complexity index is 1410. The second kappa shape index (κ2) is 9.58. The van der Waals surface area contributed by atoms with Gasteiger partial charge in [0.25, 0.3) is 10.0 Å². The van der Waals surface area contributed by atoms with Gasteiger partial charge in [-0.05, 0) is 70.9 Å². The van der Waals surface area contributed by atoms with E-state index < -0.39 is 10.0 Å². The Morgan fingerprint density at radius 1 is 0.818 bits per heavy atom. The van der Waals surface area contributed by atoms with E-state index in [0.29, 0.717) is 17.1 Å². The third-order valence-corrected chi connectivity index (χ3v) is 6.41. The molecular formula is C26H22N2O4S. The number of nitrogens with one attached hydrogen (secondary N) is 2. The van der Waals surface area contributed by atoms with E-state index in [1.807, 2.05) is 42.5 Å². The minimum absolute atomic E-state index is 0.0858. The molecule has 0 radical (unpaired) electrons. The number of ether oxygens (including phenoxy) is 1. The van der Waals surface area contributed by atoms with Gasteiger partial charge in [0.15, 0.2) is 0 Å². The molecule has 4 rings (SSSR count). The molecule has 0 heterocycles. The highest BCUT2D eigenvalue weighted by Gasteiger charge is 2.14. The Kier molecular flexibility index (Phi) is 6.42. The first-order chi connectivity index (χ1) is 15.9. The van der Waals surface area contributed by atoms with Crippen molar-refractivity contribution in [1.29, 1.82) is 0 Å². The second-order valence-corrected chi connectivity index (χ2v) is 8.93. The van der Waals surface area contributed by atoms with Crippen molar-refractivity contribution in [2.45, 2.75) is 4.90 Å². The van der Waals surface area contributed by atoms with Crippen LogP contribution in [0.5, 0.6) is 5.75 Å². The molecule has 1 amide bonds. The van der Waals surface area contributed by atoms with Gasteiger partial charge in [-0.1, -0.05) is 42.5 Å². The van der Waals surface area contributed by atoms with Gasteiger partial charge in [-0.3, -0.25) is 9.52 Å². The van der Waals surface area contributed by atoms with Crippen LogP contribution in [0.15, 0.2) is 102 Å². The Morgan fingerprint density at radius 3 is 2.21 bits per heavy atom. The highest BCUT2D eigenvalue weighted by Crippen LogP contribution is 2.21. The summed E-state index contributed by atoms with van der Waals surface area (Å²) in [6, 6.07) is 26.4. The van der Waals surface area contributed by atoms with Crippen molar-refractivity contribution in [3.63, 3.8) is 0 Å². The monoisotopic (exact) mass is 458 g/mol. The van der Waals surface area contributed by atoms with Gasteiger partial charge in [-0.2, -0.15) is 0 Å². The van der Waals surface area contributed by atoms with Crippen LogP contribution in [0.3, 0.4) is 0 Å². The summed E-state index contributed by atoms with van der Waals surface area (Å²) in [6.07, 6.45) is 3.22. The van der Waals surface area contributed by atoms with E-state index in [9.17, 15) is 13.2 Å². The summed E-state index contributed by atoms with van der Waals surface area (Å²) in [6.45, 7) is 0. The number of hydrogen-bond acceptors (Lipinski definition) is 4. The lowest BCUT2D eigenvalue weighted by molar-refractivity contribution is -0.111. The van der Waals surface area contributed by atoms with Crippen LogP contribution in [-0.2, 0) is 14.8 Å². The predicted molar refractivity (Wildman–Crippen MR) is 132 cm³/mol. The minimum Gasteiger partial charge on any atom is -0.497 e. The molecular weight excluding hydrogens is 436 g/mol. The lowest BCUT2D eigenvalue weighted by Gasteiger charge is -2.09. The molecule has 4 aromatic carbocycles. The van der Waals surface area contributed by atoms with Crippen molar-refractivity contribution in [3.8, 4) is 5.75 Å². The molecule has 0 saturated heterocycles. The van der Waals surface area contributed by atoms with Crippen LogP contribution >= 0.6 is 0 Å². The molecule has 4 aromatic rings. The van der Waals surface area contributed by atoms with Gasteiger partial charge in [-0.25, -0.2) is 8.42 Å². The average Bonchev–Trinajstić information content (AvgIpc) is 2.83. The van der Waals surface area contributed by atoms with Gasteiger partial charge in [0.2, 0.25) is 5.91 Å². The molecule has 166 valence electrons. The smallest absolute Gasteiger partial charge is 0.261 e. The fraction of sp³-hybridized carbons (Fsp3) is 0.0385. The summed E-state index contributed by atoms with van der Waals surface area (Å²) in [5, 5.41) is 4.90. The minimum atomic E-state index is -3.76. The van der Waals surface area contributed by atoms with Crippen LogP contribution in [0.1, 0.15) is 5.56 Å². The van der Waals surface area contributed by atoms with Crippen molar-refractivity contribution in [2.24, 2.45) is 0 Å². The van der Waals surface area contributed by atoms with Crippen LogP contribution in [-0.4, -0.2) is 21.4 Å². The largest absolute Gasteiger partial charge is 0.497 e. The number of amides is 1. The molecule has 0 aromatic heterocycles. The standard InChI is InChI=1S/C26H22N2O4S/c1-32-23-14-10-22(11-15-23)28-33(30,31)24-16-12-21(13-17-24)27-26(29)18-9-20-7-4-6-19-5-2-3-8-25(19)20/h2-18,28H,1H3,(H,27,29). The number of fused-ring (bicyclic) bond motifs is 1. The Morgan fingerprint density at radius 2 is 1.48 bits per heavy atom. The molecule has 0 saturated carbocycles. The number of carbonyl (C=O) groups excluding carboxylic acids is 1. The third kappa shape index (κ3) is 5.39. The molecule has 0 spiro atoms. The topological polar surface area (TPSA) is 84.5 Å². The maximum atomic E-state index is 12.6. The highest BCUT2D eigenvalue weighted by atomic mass is 32.2. The molecule has 0 aliphatic rings. The molecule has 2 N–H and O–H groups in total. The summed E-state index contributed by atoms with van der Waals surface area (Å²) in [4.78, 5) is 12.4. The molecule has 0 bridgehead atoms. The van der Waals surface area contributed by atoms with Gasteiger partial charge in [0.05, 0.1) is 12.0 Å². The maximum absolute atomic E-state index is 12.6. The molecule has 33 heavy (non-hydrogen) atoms. The van der Waals surface area contributed by atoms with E-state index in [4.69, 9.17) is 4.74 Å². The molecule has 7 heteroatoms. The van der Waals surface area contributed by atoms with E-state index in [1.165, 1.54) is 18.2 Å². The van der Waals surface area contributed by atoms with Crippen molar-refractivity contribution in [1.82, 2.24) is 0 Å². The zero-order chi connectivity index (χ0) is 23.3. The molecule has 0 atom stereocenters. The van der Waals surface area contributed by atoms with E-state index in [1.54, 1.807) is 49.6 Å². The van der Waals surface area contributed by atoms with Crippen LogP contribution in [0.4, 0.5) is 11.4 Å². The molecule has 0 aliphatic carbocycles. The van der Waals surface area contributed by atoms with Crippen LogP contribution in [0.2, 0.25) is 0 Å². The Balaban J connectivity index is 1.42. The number of benzene rings is 4. The zero-order valence-electron chi connectivity index (χ0n) is 17.9. The number of hydrogen-bond donors (Lipinski definition) is 2. The zero-order valence-corrected chi connectivity index (χ0v) is 18.7. The van der Waals surface area contributed by atoms with Crippen molar-refractivity contribution < 1.29 is 17.9 Å². The van der Waals surface area contributed by atoms with Gasteiger partial charge in [0, 0.05) is 17.5 Å². The second-order valence-electron chi connectivity index (χ2n) is 7.25. The van der Waals surface area contributed by atoms with Crippen LogP contribution in [0, 0.1) is 0 Å². The lowest BCUT2D eigenvalue weighted by Crippen LogP contribution is -2.13. The number of carbonyl (C=O) groups is 1. The normalized spacial score (nSPS) is 11.4. The molecule has 6 nitrogen and oxygen atoms in total. The number of anilines is 2. The first-order valence-electron chi connectivity index (χ1n) is 10.2. The summed E-state index contributed by atoms with van der Waals surface area (Å²) in [7, 11) is -2.22. The maximum Gasteiger partial charge on any atom is 0.261 e. The Hall–Kier alpha value is -4.10. The average molecular weight is 459 g/mol. The van der Waals surface area contributed by atoms with Gasteiger partial charge >= 0.3 is 0 Å². The van der Waals surface area contributed by atoms with E-state index in [2.05, 4.69) is 10.0 Å². The first-order valence-corrected chi connectivity index (χ1v) is 11.7. The fourth-order valence-electron chi connectivity index (χ4n) is 3.34. The summed E-state index contributed by atoms with van der Waals surface area (Å²) < 4.78 is 32.8. The van der Waals surface area contributed by atoms with Crippen molar-refractivity contribution >= 4 is 44.2 Å². The highest BCUT2D eigenvalue weighted by molar-refractivity contribution is 7.92. The molecule has 0 fully saturated rings. The van der Waals surface area contributed by atoms with Crippen molar-refractivity contribution in [3.05, 3.63) is 103 Å². The lowest BCUT2D eigenvalue weighted by atomic mass is 10.0. The van der Waals surface area contributed by atoms with Crippen LogP contribution in [0.25, 0.3) is 16.8 Å². The van der Waals surface area contributed by atoms with E-state index in [-0.39, 0.29) is 10.8 Å². The van der Waals surface area contributed by atoms with Crippen LogP contribution < -0.4 is 14.8 Å². The predicted octanol–water partition coefficient (Wildman–Crippen LogP) is 5.30. The summed E-state index contributed by atoms with van der Waals surface area (Å²) >= 11 is 0. The first kappa shape index (κ1) is 22.1. The van der Waals surface area contributed by atoms with E-state index in [0.717, 1.165) is 16.3 Å². The van der Waals surface area contributed by atoms with E-state index >= 15 is 0 Å². The summed E-state index contributed by atoms with van der Waals surface area (Å²) in [5.41, 5.74) is 1.85. The van der Waals surface area contributed by atoms with Gasteiger partial charge in [-0.15, -0.1) is 0 Å². The van der Waals surface area contributed by atoms with Gasteiger partial charge < -0.3 is 10.1 Å². The quantitative estimate of drug-likeness (QED) is 0.368. The summed E-state index contributed by atoms with van der Waals surface area (Å²) in [5.74, 6) is 0.322. The van der Waals surface area contributed by atoms with Gasteiger partial charge in [0.1, 0.15) is 5.75 Å². The number of methoxy groups -OCH3 is 1. The SMILES string of the molecule is COc1ccc(NS(=O)(=O)c2ccc(NC(=O)C=Cc3cccc4ccccc34)cc2)cc1. The Labute approximate surface area is 192 Å². The fourth-order valence-corrected chi connectivity index (χ4v) is 4.39. The number of rotatable bonds is 7. The van der Waals surface area contributed by atoms with Crippen molar-refractivity contribution in [2.75, 3.05) is 17.1 Å².